The molecule has 1 saturated carbocycles. The van der Waals surface area contributed by atoms with Gasteiger partial charge in [0, 0.05) is 6.61 Å². The van der Waals surface area contributed by atoms with Gasteiger partial charge in [0.15, 0.2) is 0 Å². The third kappa shape index (κ3) is 3.67. The zero-order valence-corrected chi connectivity index (χ0v) is 10.7. The molecule has 2 unspecified atom stereocenters. The lowest BCUT2D eigenvalue weighted by atomic mass is 9.79. The molecule has 0 aromatic rings. The van der Waals surface area contributed by atoms with E-state index < -0.39 is 11.7 Å². The van der Waals surface area contributed by atoms with Crippen molar-refractivity contribution in [3.05, 3.63) is 0 Å². The van der Waals surface area contributed by atoms with Crippen LogP contribution in [0.5, 0.6) is 0 Å². The van der Waals surface area contributed by atoms with Gasteiger partial charge in [0.2, 0.25) is 0 Å². The zero-order chi connectivity index (χ0) is 12.1. The Hall–Kier alpha value is -0.120. The van der Waals surface area contributed by atoms with E-state index in [1.54, 1.807) is 0 Å². The van der Waals surface area contributed by atoms with Gasteiger partial charge in [0.1, 0.15) is 0 Å². The van der Waals surface area contributed by atoms with Crippen LogP contribution in [0.2, 0.25) is 0 Å². The number of rotatable bonds is 5. The smallest absolute Gasteiger partial charge is 0.0905 e. The molecule has 0 spiro atoms. The summed E-state index contributed by atoms with van der Waals surface area (Å²) in [4.78, 5) is 0. The van der Waals surface area contributed by atoms with Crippen LogP contribution in [-0.4, -0.2) is 34.6 Å². The molecule has 1 saturated heterocycles. The molecule has 2 N–H and O–H groups in total. The summed E-state index contributed by atoms with van der Waals surface area (Å²) in [6.07, 6.45) is 9.79. The van der Waals surface area contributed by atoms with Gasteiger partial charge in [-0.2, -0.15) is 0 Å². The number of hydrogen-bond acceptors (Lipinski definition) is 3. The van der Waals surface area contributed by atoms with Gasteiger partial charge in [0.05, 0.1) is 17.8 Å². The molecule has 2 fully saturated rings. The summed E-state index contributed by atoms with van der Waals surface area (Å²) in [6.45, 7) is 0.900. The minimum absolute atomic E-state index is 0.406. The maximum atomic E-state index is 10.4. The summed E-state index contributed by atoms with van der Waals surface area (Å²) in [6, 6.07) is 0. The highest BCUT2D eigenvalue weighted by Crippen LogP contribution is 2.33. The Labute approximate surface area is 104 Å². The van der Waals surface area contributed by atoms with Crippen molar-refractivity contribution in [3.8, 4) is 0 Å². The molecular formula is C14H26O3. The van der Waals surface area contributed by atoms with Crippen molar-refractivity contribution in [1.82, 2.24) is 0 Å². The molecule has 2 rings (SSSR count). The fraction of sp³-hybridized carbons (Fsp3) is 1.00. The van der Waals surface area contributed by atoms with Gasteiger partial charge >= 0.3 is 0 Å². The fourth-order valence-electron chi connectivity index (χ4n) is 3.18. The van der Waals surface area contributed by atoms with Gasteiger partial charge in [0.25, 0.3) is 0 Å². The summed E-state index contributed by atoms with van der Waals surface area (Å²) in [5.74, 6) is 0. The van der Waals surface area contributed by atoms with Crippen LogP contribution in [0.25, 0.3) is 0 Å². The van der Waals surface area contributed by atoms with Crippen molar-refractivity contribution >= 4 is 0 Å². The summed E-state index contributed by atoms with van der Waals surface area (Å²) >= 11 is 0. The quantitative estimate of drug-likeness (QED) is 0.778. The maximum Gasteiger partial charge on any atom is 0.0905 e. The van der Waals surface area contributed by atoms with Crippen LogP contribution >= 0.6 is 0 Å². The Morgan fingerprint density at radius 3 is 2.59 bits per heavy atom. The number of ether oxygens (including phenoxy) is 1. The first-order chi connectivity index (χ1) is 8.21. The van der Waals surface area contributed by atoms with Crippen molar-refractivity contribution in [1.29, 1.82) is 0 Å². The summed E-state index contributed by atoms with van der Waals surface area (Å²) in [5.41, 5.74) is -0.797. The van der Waals surface area contributed by atoms with E-state index in [0.29, 0.717) is 6.10 Å². The topological polar surface area (TPSA) is 49.7 Å². The first-order valence-corrected chi connectivity index (χ1v) is 7.23. The van der Waals surface area contributed by atoms with E-state index in [-0.39, 0.29) is 0 Å². The van der Waals surface area contributed by atoms with Gasteiger partial charge in [-0.05, 0) is 44.9 Å². The second-order valence-electron chi connectivity index (χ2n) is 5.75. The van der Waals surface area contributed by atoms with Gasteiger partial charge < -0.3 is 14.9 Å². The number of aliphatic hydroxyl groups is 2. The lowest BCUT2D eigenvalue weighted by Gasteiger charge is -2.36. The van der Waals surface area contributed by atoms with Gasteiger partial charge in [-0.15, -0.1) is 0 Å². The summed E-state index contributed by atoms with van der Waals surface area (Å²) < 4.78 is 5.56. The van der Waals surface area contributed by atoms with Crippen LogP contribution in [-0.2, 0) is 4.74 Å². The highest BCUT2D eigenvalue weighted by molar-refractivity contribution is 4.89. The number of hydrogen-bond donors (Lipinski definition) is 2. The van der Waals surface area contributed by atoms with Gasteiger partial charge in [-0.1, -0.05) is 19.3 Å². The van der Waals surface area contributed by atoms with Crippen LogP contribution in [0.15, 0.2) is 0 Å². The third-order valence-electron chi connectivity index (χ3n) is 4.37. The lowest BCUT2D eigenvalue weighted by molar-refractivity contribution is -0.101. The monoisotopic (exact) mass is 242 g/mol. The molecule has 0 amide bonds. The highest BCUT2D eigenvalue weighted by Gasteiger charge is 2.36. The molecule has 1 heterocycles. The maximum absolute atomic E-state index is 10.4. The van der Waals surface area contributed by atoms with Crippen molar-refractivity contribution in [2.45, 2.75) is 82.0 Å². The first kappa shape index (κ1) is 13.3. The molecule has 100 valence electrons. The predicted molar refractivity (Wildman–Crippen MR) is 66.9 cm³/mol. The molecule has 1 aliphatic carbocycles. The molecule has 1 aliphatic heterocycles. The van der Waals surface area contributed by atoms with E-state index >= 15 is 0 Å². The molecule has 0 aromatic heterocycles. The fourth-order valence-corrected chi connectivity index (χ4v) is 3.18. The van der Waals surface area contributed by atoms with E-state index in [0.717, 1.165) is 51.6 Å². The molecule has 2 aliphatic rings. The average molecular weight is 242 g/mol. The molecule has 0 aromatic carbocycles. The Balaban J connectivity index is 1.66. The van der Waals surface area contributed by atoms with Gasteiger partial charge in [-0.25, -0.2) is 0 Å². The second-order valence-corrected chi connectivity index (χ2v) is 5.75. The number of aliphatic hydroxyl groups excluding tert-OH is 1. The summed E-state index contributed by atoms with van der Waals surface area (Å²) in [5, 5.41) is 20.5. The van der Waals surface area contributed by atoms with Crippen molar-refractivity contribution in [2.24, 2.45) is 0 Å². The SMILES string of the molecule is OC(CCCC1CCCO1)C1(O)CCCCC1. The Morgan fingerprint density at radius 2 is 1.94 bits per heavy atom. The predicted octanol–water partition coefficient (Wildman–Crippen LogP) is 2.39. The van der Waals surface area contributed by atoms with Crippen molar-refractivity contribution in [2.75, 3.05) is 6.61 Å². The second kappa shape index (κ2) is 6.17. The third-order valence-corrected chi connectivity index (χ3v) is 4.37. The largest absolute Gasteiger partial charge is 0.390 e. The minimum atomic E-state index is -0.797. The van der Waals surface area contributed by atoms with E-state index in [2.05, 4.69) is 0 Å². The van der Waals surface area contributed by atoms with Crippen LogP contribution in [0.3, 0.4) is 0 Å². The van der Waals surface area contributed by atoms with Crippen LogP contribution in [0, 0.1) is 0 Å². The lowest BCUT2D eigenvalue weighted by Crippen LogP contribution is -2.43. The van der Waals surface area contributed by atoms with E-state index in [9.17, 15) is 10.2 Å². The summed E-state index contributed by atoms with van der Waals surface area (Å²) in [7, 11) is 0. The normalized spacial score (nSPS) is 30.4. The van der Waals surface area contributed by atoms with Crippen LogP contribution in [0.1, 0.15) is 64.2 Å². The Bertz CT molecular complexity index is 218. The highest BCUT2D eigenvalue weighted by atomic mass is 16.5. The molecule has 2 atom stereocenters. The molecule has 17 heavy (non-hydrogen) atoms. The van der Waals surface area contributed by atoms with E-state index in [1.807, 2.05) is 0 Å². The van der Waals surface area contributed by atoms with E-state index in [4.69, 9.17) is 4.74 Å². The van der Waals surface area contributed by atoms with E-state index in [1.165, 1.54) is 19.3 Å². The minimum Gasteiger partial charge on any atom is -0.390 e. The van der Waals surface area contributed by atoms with Crippen molar-refractivity contribution in [3.63, 3.8) is 0 Å². The molecule has 3 heteroatoms. The average Bonchev–Trinajstić information content (AvgIpc) is 2.83. The Kier molecular flexibility index (Phi) is 4.83. The van der Waals surface area contributed by atoms with Crippen LogP contribution in [0.4, 0.5) is 0 Å². The molecule has 0 radical (unpaired) electrons. The standard InChI is InChI=1S/C14H26O3/c15-13(14(16)9-2-1-3-10-14)8-4-6-12-7-5-11-17-12/h12-13,15-16H,1-11H2. The molecule has 0 bridgehead atoms. The van der Waals surface area contributed by atoms with Gasteiger partial charge in [-0.3, -0.25) is 0 Å². The van der Waals surface area contributed by atoms with Crippen LogP contribution < -0.4 is 0 Å². The molecular weight excluding hydrogens is 216 g/mol. The molecule has 3 nitrogen and oxygen atoms in total. The first-order valence-electron chi connectivity index (χ1n) is 7.23. The Morgan fingerprint density at radius 1 is 1.18 bits per heavy atom. The van der Waals surface area contributed by atoms with Crippen molar-refractivity contribution < 1.29 is 14.9 Å². The zero-order valence-electron chi connectivity index (χ0n) is 10.7.